The van der Waals surface area contributed by atoms with Crippen LogP contribution in [-0.2, 0) is 36.8 Å². The zero-order valence-corrected chi connectivity index (χ0v) is 20.4. The predicted octanol–water partition coefficient (Wildman–Crippen LogP) is -4.73. The van der Waals surface area contributed by atoms with Crippen LogP contribution < -0.4 is 27.0 Å². The fourth-order valence-corrected chi connectivity index (χ4v) is 3.15. The number of aliphatic carboxylic acids is 1. The summed E-state index contributed by atoms with van der Waals surface area (Å²) < 4.78 is 0. The maximum Gasteiger partial charge on any atom is 0.326 e. The quantitative estimate of drug-likeness (QED) is 0.103. The number of nitrogens with one attached hydrogen (secondary N) is 6. The average Bonchev–Trinajstić information content (AvgIpc) is 3.58. The van der Waals surface area contributed by atoms with Gasteiger partial charge in [0.15, 0.2) is 0 Å². The van der Waals surface area contributed by atoms with Crippen molar-refractivity contribution in [1.82, 2.24) is 41.2 Å². The smallest absolute Gasteiger partial charge is 0.326 e. The Kier molecular flexibility index (Phi) is 11.3. The zero-order chi connectivity index (χ0) is 28.2. The zero-order valence-electron chi connectivity index (χ0n) is 20.4. The molecule has 0 aromatic carbocycles. The largest absolute Gasteiger partial charge is 0.480 e. The summed E-state index contributed by atoms with van der Waals surface area (Å²) in [7, 11) is 0. The normalized spacial score (nSPS) is 14.8. The first-order chi connectivity index (χ1) is 18.0. The highest BCUT2D eigenvalue weighted by Crippen LogP contribution is 2.03. The van der Waals surface area contributed by atoms with Gasteiger partial charge in [0.25, 0.3) is 0 Å². The summed E-state index contributed by atoms with van der Waals surface area (Å²) in [6, 6.07) is -6.72. The van der Waals surface area contributed by atoms with E-state index in [0.717, 1.165) is 0 Å². The molecule has 2 aromatic heterocycles. The Balaban J connectivity index is 2.12. The number of carbonyl (C=O) groups excluding carboxylic acids is 4. The monoisotopic (exact) mass is 537 g/mol. The molecule has 0 saturated heterocycles. The molecule has 0 aliphatic rings. The van der Waals surface area contributed by atoms with Crippen molar-refractivity contribution in [2.45, 2.75) is 50.0 Å². The summed E-state index contributed by atoms with van der Waals surface area (Å²) in [5.41, 5.74) is 6.31. The van der Waals surface area contributed by atoms with E-state index in [1.165, 1.54) is 32.0 Å². The van der Waals surface area contributed by atoms with Crippen LogP contribution in [0, 0.1) is 0 Å². The molecule has 0 bridgehead atoms. The molecule has 0 unspecified atom stereocenters. The molecule has 4 amide bonds. The number of hydrogen-bond acceptors (Lipinski definition) is 10. The lowest BCUT2D eigenvalue weighted by Crippen LogP contribution is -2.60. The van der Waals surface area contributed by atoms with E-state index in [-0.39, 0.29) is 12.8 Å². The number of aromatic amines is 2. The third-order valence-electron chi connectivity index (χ3n) is 5.25. The second-order valence-corrected chi connectivity index (χ2v) is 8.30. The van der Waals surface area contributed by atoms with E-state index < -0.39 is 73.0 Å². The van der Waals surface area contributed by atoms with Crippen molar-refractivity contribution in [2.75, 3.05) is 13.2 Å². The van der Waals surface area contributed by atoms with Crippen molar-refractivity contribution in [1.29, 1.82) is 0 Å². The average molecular weight is 538 g/mol. The van der Waals surface area contributed by atoms with Gasteiger partial charge in [-0.2, -0.15) is 0 Å². The molecular formula is C21H31N9O8. The number of amides is 4. The van der Waals surface area contributed by atoms with Crippen molar-refractivity contribution in [3.05, 3.63) is 36.4 Å². The summed E-state index contributed by atoms with van der Waals surface area (Å²) in [6.07, 6.45) is 5.16. The number of carboxylic acids is 1. The van der Waals surface area contributed by atoms with E-state index in [0.29, 0.717) is 11.4 Å². The first-order valence-electron chi connectivity index (χ1n) is 11.4. The number of nitrogens with zero attached hydrogens (tertiary/aromatic N) is 2. The number of carboxylic acid groups (broad SMARTS) is 1. The Hall–Kier alpha value is -4.35. The van der Waals surface area contributed by atoms with Gasteiger partial charge in [-0.05, 0) is 6.92 Å². The first kappa shape index (κ1) is 29.9. The van der Waals surface area contributed by atoms with Crippen LogP contribution in [0.3, 0.4) is 0 Å². The Morgan fingerprint density at radius 3 is 1.55 bits per heavy atom. The van der Waals surface area contributed by atoms with Gasteiger partial charge < -0.3 is 52.3 Å². The third-order valence-corrected chi connectivity index (χ3v) is 5.25. The lowest BCUT2D eigenvalue weighted by molar-refractivity contribution is -0.142. The van der Waals surface area contributed by atoms with Crippen LogP contribution in [0.15, 0.2) is 25.0 Å². The van der Waals surface area contributed by atoms with Gasteiger partial charge in [-0.3, -0.25) is 19.2 Å². The van der Waals surface area contributed by atoms with Gasteiger partial charge in [0.05, 0.1) is 31.9 Å². The summed E-state index contributed by atoms with van der Waals surface area (Å²) in [6.45, 7) is -0.306. The molecule has 0 fully saturated rings. The second-order valence-electron chi connectivity index (χ2n) is 8.30. The standard InChI is InChI=1S/C21H31N9O8/c1-10(22)17(33)29-15(6-31)19(35)27-13(2-11-4-23-8-25-11)18(34)30-16(7-32)20(36)28-14(21(37)38)3-12-5-24-9-26-12/h4-5,8-10,13-16,31-32H,2-3,6-7,22H2,1H3,(H,23,25)(H,24,26)(H,27,35)(H,28,36)(H,29,33)(H,30,34)(H,37,38)/t10-,13-,14-,15-,16-/m0/s1. The molecule has 11 N–H and O–H groups in total. The number of hydrogen-bond donors (Lipinski definition) is 10. The molecule has 17 heteroatoms. The fraction of sp³-hybridized carbons (Fsp3) is 0.476. The van der Waals surface area contributed by atoms with Crippen LogP contribution in [0.4, 0.5) is 0 Å². The van der Waals surface area contributed by atoms with Gasteiger partial charge in [0, 0.05) is 36.6 Å². The number of aliphatic hydroxyl groups excluding tert-OH is 2. The molecule has 5 atom stereocenters. The summed E-state index contributed by atoms with van der Waals surface area (Å²) in [5, 5.41) is 37.8. The molecule has 0 aliphatic heterocycles. The molecule has 0 radical (unpaired) electrons. The first-order valence-corrected chi connectivity index (χ1v) is 11.4. The summed E-state index contributed by atoms with van der Waals surface area (Å²) >= 11 is 0. The highest BCUT2D eigenvalue weighted by Gasteiger charge is 2.31. The minimum Gasteiger partial charge on any atom is -0.480 e. The van der Waals surface area contributed by atoms with E-state index in [1.807, 2.05) is 0 Å². The topological polar surface area (TPSA) is 278 Å². The molecular weight excluding hydrogens is 506 g/mol. The van der Waals surface area contributed by atoms with Gasteiger partial charge in [0.1, 0.15) is 24.2 Å². The Bertz CT molecular complexity index is 1070. The molecule has 2 rings (SSSR count). The molecule has 38 heavy (non-hydrogen) atoms. The molecule has 2 aromatic rings. The van der Waals surface area contributed by atoms with E-state index in [2.05, 4.69) is 41.2 Å². The SMILES string of the molecule is C[C@H](N)C(=O)N[C@@H](CO)C(=O)N[C@@H](Cc1cnc[nH]1)C(=O)N[C@@H](CO)C(=O)N[C@@H](Cc1cnc[nH]1)C(=O)O. The number of rotatable bonds is 15. The van der Waals surface area contributed by atoms with Gasteiger partial charge >= 0.3 is 5.97 Å². The maximum atomic E-state index is 13.0. The Morgan fingerprint density at radius 1 is 0.763 bits per heavy atom. The Labute approximate surface area is 216 Å². The molecule has 2 heterocycles. The van der Waals surface area contributed by atoms with Crippen LogP contribution in [0.25, 0.3) is 0 Å². The van der Waals surface area contributed by atoms with Crippen LogP contribution >= 0.6 is 0 Å². The molecule has 0 saturated carbocycles. The Morgan fingerprint density at radius 2 is 1.16 bits per heavy atom. The van der Waals surface area contributed by atoms with Crippen LogP contribution in [0.5, 0.6) is 0 Å². The summed E-state index contributed by atoms with van der Waals surface area (Å²) in [4.78, 5) is 75.0. The second kappa shape index (κ2) is 14.4. The van der Waals surface area contributed by atoms with E-state index >= 15 is 0 Å². The third kappa shape index (κ3) is 8.95. The number of aliphatic hydroxyl groups is 2. The summed E-state index contributed by atoms with van der Waals surface area (Å²) in [5.74, 6) is -4.90. The van der Waals surface area contributed by atoms with Gasteiger partial charge in [-0.25, -0.2) is 14.8 Å². The highest BCUT2D eigenvalue weighted by molar-refractivity contribution is 5.95. The number of imidazole rings is 2. The molecule has 17 nitrogen and oxygen atoms in total. The minimum atomic E-state index is -1.57. The number of H-pyrrole nitrogens is 2. The maximum absolute atomic E-state index is 13.0. The van der Waals surface area contributed by atoms with E-state index in [4.69, 9.17) is 5.73 Å². The lowest BCUT2D eigenvalue weighted by atomic mass is 10.1. The molecule has 0 spiro atoms. The van der Waals surface area contributed by atoms with E-state index in [1.54, 1.807) is 0 Å². The molecule has 208 valence electrons. The molecule has 0 aliphatic carbocycles. The highest BCUT2D eigenvalue weighted by atomic mass is 16.4. The van der Waals surface area contributed by atoms with Crippen molar-refractivity contribution >= 4 is 29.6 Å². The van der Waals surface area contributed by atoms with Crippen molar-refractivity contribution in [3.63, 3.8) is 0 Å². The minimum absolute atomic E-state index is 0.138. The number of nitrogens with two attached hydrogens (primary N) is 1. The van der Waals surface area contributed by atoms with Crippen LogP contribution in [0.2, 0.25) is 0 Å². The van der Waals surface area contributed by atoms with Crippen LogP contribution in [-0.4, -0.2) is 108 Å². The van der Waals surface area contributed by atoms with Crippen molar-refractivity contribution in [3.8, 4) is 0 Å². The fourth-order valence-electron chi connectivity index (χ4n) is 3.15. The lowest BCUT2D eigenvalue weighted by Gasteiger charge is -2.25. The van der Waals surface area contributed by atoms with Crippen molar-refractivity contribution in [2.24, 2.45) is 5.73 Å². The van der Waals surface area contributed by atoms with Gasteiger partial charge in [-0.15, -0.1) is 0 Å². The predicted molar refractivity (Wildman–Crippen MR) is 128 cm³/mol. The van der Waals surface area contributed by atoms with Crippen molar-refractivity contribution < 1.29 is 39.3 Å². The number of carbonyl (C=O) groups is 5. The van der Waals surface area contributed by atoms with Crippen LogP contribution in [0.1, 0.15) is 18.3 Å². The van der Waals surface area contributed by atoms with Gasteiger partial charge in [0.2, 0.25) is 23.6 Å². The van der Waals surface area contributed by atoms with Gasteiger partial charge in [-0.1, -0.05) is 0 Å². The number of aromatic nitrogens is 4. The van der Waals surface area contributed by atoms with E-state index in [9.17, 15) is 39.3 Å².